The fourth-order valence-corrected chi connectivity index (χ4v) is 1.52. The maximum Gasteiger partial charge on any atom is 0.168 e. The Morgan fingerprint density at radius 2 is 1.93 bits per heavy atom. The first-order valence-electron chi connectivity index (χ1n) is 4.68. The minimum absolute atomic E-state index is 0.556. The van der Waals surface area contributed by atoms with Gasteiger partial charge in [-0.15, -0.1) is 0 Å². The van der Waals surface area contributed by atoms with Crippen LogP contribution in [-0.4, -0.2) is 18.3 Å². The molecule has 0 aliphatic rings. The number of aldehydes is 1. The van der Waals surface area contributed by atoms with E-state index in [1.807, 2.05) is 27.8 Å². The van der Waals surface area contributed by atoms with Crippen LogP contribution in [0.25, 0.3) is 0 Å². The van der Waals surface area contributed by atoms with E-state index in [9.17, 15) is 4.79 Å². The van der Waals surface area contributed by atoms with Crippen LogP contribution in [0.2, 0.25) is 0 Å². The molecule has 1 aromatic rings. The number of nitrogens with one attached hydrogen (secondary N) is 1. The van der Waals surface area contributed by atoms with Crippen molar-refractivity contribution in [3.05, 3.63) is 28.1 Å². The van der Waals surface area contributed by atoms with E-state index < -0.39 is 0 Å². The second kappa shape index (κ2) is 4.33. The lowest BCUT2D eigenvalue weighted by Gasteiger charge is -2.12. The van der Waals surface area contributed by atoms with E-state index in [0.717, 1.165) is 23.1 Å². The molecule has 3 nitrogen and oxygen atoms in total. The van der Waals surface area contributed by atoms with Gasteiger partial charge in [0.2, 0.25) is 0 Å². The van der Waals surface area contributed by atoms with E-state index in [1.165, 1.54) is 5.56 Å². The quantitative estimate of drug-likeness (QED) is 0.739. The van der Waals surface area contributed by atoms with Crippen LogP contribution < -0.4 is 5.32 Å². The molecule has 14 heavy (non-hydrogen) atoms. The van der Waals surface area contributed by atoms with Crippen LogP contribution in [0.1, 0.15) is 32.9 Å². The molecule has 3 heteroatoms. The lowest BCUT2D eigenvalue weighted by molar-refractivity contribution is 0.111. The number of hydrogen-bond donors (Lipinski definition) is 1. The summed E-state index contributed by atoms with van der Waals surface area (Å²) in [6.07, 6.45) is 0.826. The largest absolute Gasteiger partial charge is 0.316 e. The van der Waals surface area contributed by atoms with E-state index in [-0.39, 0.29) is 0 Å². The van der Waals surface area contributed by atoms with E-state index >= 15 is 0 Å². The summed E-state index contributed by atoms with van der Waals surface area (Å²) in [6.45, 7) is 6.68. The van der Waals surface area contributed by atoms with Crippen molar-refractivity contribution in [2.75, 3.05) is 7.05 Å². The van der Waals surface area contributed by atoms with Crippen LogP contribution in [0.3, 0.4) is 0 Å². The van der Waals surface area contributed by atoms with Gasteiger partial charge in [-0.25, -0.2) is 4.98 Å². The number of nitrogens with zero attached hydrogens (tertiary/aromatic N) is 1. The zero-order valence-corrected chi connectivity index (χ0v) is 9.14. The lowest BCUT2D eigenvalue weighted by atomic mass is 10.0. The van der Waals surface area contributed by atoms with Gasteiger partial charge in [0, 0.05) is 12.2 Å². The molecule has 0 amide bonds. The molecule has 0 bridgehead atoms. The predicted molar refractivity (Wildman–Crippen MR) is 56.6 cm³/mol. The number of carbonyl (C=O) groups excluding carboxylic acids is 1. The maximum absolute atomic E-state index is 10.8. The third kappa shape index (κ3) is 1.82. The Balaban J connectivity index is 3.36. The first-order valence-corrected chi connectivity index (χ1v) is 4.68. The van der Waals surface area contributed by atoms with Crippen LogP contribution in [0, 0.1) is 20.8 Å². The van der Waals surface area contributed by atoms with Crippen LogP contribution in [0.5, 0.6) is 0 Å². The Morgan fingerprint density at radius 1 is 1.29 bits per heavy atom. The summed E-state index contributed by atoms with van der Waals surface area (Å²) in [5, 5.41) is 3.05. The summed E-state index contributed by atoms with van der Waals surface area (Å²) in [7, 11) is 1.86. The maximum atomic E-state index is 10.8. The molecule has 0 aliphatic heterocycles. The van der Waals surface area contributed by atoms with E-state index in [2.05, 4.69) is 10.3 Å². The molecule has 0 aliphatic carbocycles. The molecule has 0 radical (unpaired) electrons. The van der Waals surface area contributed by atoms with E-state index in [0.29, 0.717) is 12.2 Å². The standard InChI is InChI=1S/C11H16N2O/c1-7-8(2)10(5-12-4)11(6-14)13-9(7)3/h6,12H,5H2,1-4H3. The highest BCUT2D eigenvalue weighted by Crippen LogP contribution is 2.17. The minimum Gasteiger partial charge on any atom is -0.316 e. The molecule has 0 atom stereocenters. The van der Waals surface area contributed by atoms with Gasteiger partial charge in [-0.1, -0.05) is 0 Å². The van der Waals surface area contributed by atoms with Crippen LogP contribution in [-0.2, 0) is 6.54 Å². The average molecular weight is 192 g/mol. The number of aryl methyl sites for hydroxylation is 1. The monoisotopic (exact) mass is 192 g/mol. The second-order valence-electron chi connectivity index (χ2n) is 3.46. The molecule has 0 saturated heterocycles. The molecule has 0 spiro atoms. The summed E-state index contributed by atoms with van der Waals surface area (Å²) in [5.41, 5.74) is 4.82. The van der Waals surface area contributed by atoms with Gasteiger partial charge in [0.15, 0.2) is 6.29 Å². The van der Waals surface area contributed by atoms with Crippen LogP contribution in [0.15, 0.2) is 0 Å². The van der Waals surface area contributed by atoms with Gasteiger partial charge < -0.3 is 5.32 Å². The number of rotatable bonds is 3. The number of pyridine rings is 1. The second-order valence-corrected chi connectivity index (χ2v) is 3.46. The Kier molecular flexibility index (Phi) is 3.36. The highest BCUT2D eigenvalue weighted by molar-refractivity contribution is 5.75. The van der Waals surface area contributed by atoms with E-state index in [4.69, 9.17) is 0 Å². The zero-order valence-electron chi connectivity index (χ0n) is 9.14. The van der Waals surface area contributed by atoms with Gasteiger partial charge in [-0.2, -0.15) is 0 Å². The summed E-state index contributed by atoms with van der Waals surface area (Å²) < 4.78 is 0. The normalized spacial score (nSPS) is 10.3. The minimum atomic E-state index is 0.556. The van der Waals surface area contributed by atoms with Crippen molar-refractivity contribution in [1.82, 2.24) is 10.3 Å². The summed E-state index contributed by atoms with van der Waals surface area (Å²) in [6, 6.07) is 0. The Morgan fingerprint density at radius 3 is 2.43 bits per heavy atom. The van der Waals surface area contributed by atoms with Crippen molar-refractivity contribution in [3.8, 4) is 0 Å². The van der Waals surface area contributed by atoms with Crippen LogP contribution >= 0.6 is 0 Å². The third-order valence-corrected chi connectivity index (χ3v) is 2.62. The molecule has 0 fully saturated rings. The SMILES string of the molecule is CNCc1c(C=O)nc(C)c(C)c1C. The number of carbonyl (C=O) groups is 1. The molecular formula is C11H16N2O. The number of aromatic nitrogens is 1. The van der Waals surface area contributed by atoms with Gasteiger partial charge in [-0.05, 0) is 44.5 Å². The number of hydrogen-bond acceptors (Lipinski definition) is 3. The van der Waals surface area contributed by atoms with Crippen molar-refractivity contribution in [2.24, 2.45) is 0 Å². The first-order chi connectivity index (χ1) is 6.61. The molecular weight excluding hydrogens is 176 g/mol. The van der Waals surface area contributed by atoms with Gasteiger partial charge in [0.25, 0.3) is 0 Å². The topological polar surface area (TPSA) is 42.0 Å². The molecule has 0 unspecified atom stereocenters. The van der Waals surface area contributed by atoms with Crippen molar-refractivity contribution >= 4 is 6.29 Å². The first kappa shape index (κ1) is 10.9. The van der Waals surface area contributed by atoms with Crippen molar-refractivity contribution in [1.29, 1.82) is 0 Å². The Bertz CT molecular complexity index is 359. The molecule has 1 N–H and O–H groups in total. The Hall–Kier alpha value is -1.22. The van der Waals surface area contributed by atoms with Crippen molar-refractivity contribution < 1.29 is 4.79 Å². The van der Waals surface area contributed by atoms with Gasteiger partial charge in [0.05, 0.1) is 0 Å². The fourth-order valence-electron chi connectivity index (χ4n) is 1.52. The van der Waals surface area contributed by atoms with Gasteiger partial charge in [-0.3, -0.25) is 4.79 Å². The summed E-state index contributed by atoms with van der Waals surface area (Å²) in [4.78, 5) is 15.1. The highest BCUT2D eigenvalue weighted by atomic mass is 16.1. The molecule has 1 aromatic heterocycles. The van der Waals surface area contributed by atoms with Gasteiger partial charge in [0.1, 0.15) is 5.69 Å². The fraction of sp³-hybridized carbons (Fsp3) is 0.455. The third-order valence-electron chi connectivity index (χ3n) is 2.62. The average Bonchev–Trinajstić information content (AvgIpc) is 2.19. The van der Waals surface area contributed by atoms with Gasteiger partial charge >= 0.3 is 0 Å². The summed E-state index contributed by atoms with van der Waals surface area (Å²) >= 11 is 0. The van der Waals surface area contributed by atoms with Crippen molar-refractivity contribution in [2.45, 2.75) is 27.3 Å². The zero-order chi connectivity index (χ0) is 10.7. The molecule has 0 saturated carbocycles. The molecule has 0 aromatic carbocycles. The smallest absolute Gasteiger partial charge is 0.168 e. The summed E-state index contributed by atoms with van der Waals surface area (Å²) in [5.74, 6) is 0. The Labute approximate surface area is 84.6 Å². The molecule has 1 rings (SSSR count). The van der Waals surface area contributed by atoms with Crippen molar-refractivity contribution in [3.63, 3.8) is 0 Å². The highest BCUT2D eigenvalue weighted by Gasteiger charge is 2.10. The molecule has 76 valence electrons. The lowest BCUT2D eigenvalue weighted by Crippen LogP contribution is -2.12. The van der Waals surface area contributed by atoms with E-state index in [1.54, 1.807) is 0 Å². The predicted octanol–water partition coefficient (Wildman–Crippen LogP) is 1.54. The van der Waals surface area contributed by atoms with Crippen LogP contribution in [0.4, 0.5) is 0 Å². The molecule has 1 heterocycles.